The molecule has 3 nitrogen and oxygen atoms in total. The smallest absolute Gasteiger partial charge is 0.121 e. The highest BCUT2D eigenvalue weighted by Crippen LogP contribution is 2.23. The van der Waals surface area contributed by atoms with E-state index in [4.69, 9.17) is 4.74 Å². The van der Waals surface area contributed by atoms with Crippen molar-refractivity contribution in [2.24, 2.45) is 0 Å². The van der Waals surface area contributed by atoms with E-state index in [1.54, 1.807) is 6.07 Å². The molecule has 1 unspecified atom stereocenters. The van der Waals surface area contributed by atoms with Gasteiger partial charge in [0.1, 0.15) is 5.75 Å². The van der Waals surface area contributed by atoms with Crippen LogP contribution in [0.1, 0.15) is 18.9 Å². The van der Waals surface area contributed by atoms with Crippen LogP contribution in [-0.2, 0) is 11.3 Å². The number of ether oxygens (including phenoxy) is 1. The van der Waals surface area contributed by atoms with Gasteiger partial charge in [-0.15, -0.1) is 0 Å². The van der Waals surface area contributed by atoms with E-state index in [1.165, 1.54) is 0 Å². The number of hydrogen-bond acceptors (Lipinski definition) is 3. The summed E-state index contributed by atoms with van der Waals surface area (Å²) in [6, 6.07) is 7.31. The lowest BCUT2D eigenvalue weighted by Gasteiger charge is -2.23. The molecule has 0 spiro atoms. The Labute approximate surface area is 90.1 Å². The summed E-state index contributed by atoms with van der Waals surface area (Å²) < 4.78 is 5.83. The van der Waals surface area contributed by atoms with Gasteiger partial charge in [0.15, 0.2) is 0 Å². The molecule has 0 radical (unpaired) electrons. The van der Waals surface area contributed by atoms with E-state index in [0.717, 1.165) is 25.1 Å². The van der Waals surface area contributed by atoms with Crippen LogP contribution in [0.15, 0.2) is 24.3 Å². The standard InChI is InChI=1S/C12H17NO2/c1-12(6-7-13-9-12)15-8-10-4-2-3-5-11(10)14/h2-5,13-14H,6-9H2,1H3. The van der Waals surface area contributed by atoms with Crippen molar-refractivity contribution in [2.45, 2.75) is 25.6 Å². The predicted octanol–water partition coefficient (Wildman–Crippen LogP) is 1.66. The molecule has 3 heteroatoms. The number of nitrogens with one attached hydrogen (secondary N) is 1. The third-order valence-electron chi connectivity index (χ3n) is 2.90. The van der Waals surface area contributed by atoms with Gasteiger partial charge in [0, 0.05) is 12.1 Å². The molecule has 0 amide bonds. The molecule has 1 atom stereocenters. The molecule has 1 aliphatic rings. The van der Waals surface area contributed by atoms with Gasteiger partial charge in [-0.25, -0.2) is 0 Å². The van der Waals surface area contributed by atoms with Crippen LogP contribution in [0.5, 0.6) is 5.75 Å². The zero-order valence-electron chi connectivity index (χ0n) is 8.99. The Balaban J connectivity index is 1.95. The van der Waals surface area contributed by atoms with Crippen LogP contribution in [0.4, 0.5) is 0 Å². The van der Waals surface area contributed by atoms with Crippen LogP contribution >= 0.6 is 0 Å². The number of para-hydroxylation sites is 1. The highest BCUT2D eigenvalue weighted by atomic mass is 16.5. The van der Waals surface area contributed by atoms with Crippen molar-refractivity contribution in [3.05, 3.63) is 29.8 Å². The molecule has 15 heavy (non-hydrogen) atoms. The Bertz CT molecular complexity index is 332. The van der Waals surface area contributed by atoms with Gasteiger partial charge in [0.25, 0.3) is 0 Å². The summed E-state index contributed by atoms with van der Waals surface area (Å²) in [5, 5.41) is 12.8. The van der Waals surface area contributed by atoms with Crippen molar-refractivity contribution < 1.29 is 9.84 Å². The molecular weight excluding hydrogens is 190 g/mol. The van der Waals surface area contributed by atoms with Gasteiger partial charge in [-0.1, -0.05) is 18.2 Å². The molecule has 0 aromatic heterocycles. The number of rotatable bonds is 3. The highest BCUT2D eigenvalue weighted by Gasteiger charge is 2.29. The summed E-state index contributed by atoms with van der Waals surface area (Å²) in [6.07, 6.45) is 1.03. The minimum atomic E-state index is -0.0811. The minimum Gasteiger partial charge on any atom is -0.508 e. The van der Waals surface area contributed by atoms with Gasteiger partial charge in [-0.05, 0) is 26.0 Å². The zero-order valence-corrected chi connectivity index (χ0v) is 8.99. The van der Waals surface area contributed by atoms with E-state index in [0.29, 0.717) is 12.4 Å². The Morgan fingerprint density at radius 1 is 1.47 bits per heavy atom. The molecule has 0 aliphatic carbocycles. The molecule has 2 N–H and O–H groups in total. The van der Waals surface area contributed by atoms with Gasteiger partial charge in [0.05, 0.1) is 12.2 Å². The third kappa shape index (κ3) is 2.49. The monoisotopic (exact) mass is 207 g/mol. The molecule has 1 aromatic rings. The van der Waals surface area contributed by atoms with Crippen LogP contribution in [-0.4, -0.2) is 23.8 Å². The average molecular weight is 207 g/mol. The van der Waals surface area contributed by atoms with Crippen molar-refractivity contribution in [3.63, 3.8) is 0 Å². The maximum atomic E-state index is 9.57. The molecule has 1 fully saturated rings. The van der Waals surface area contributed by atoms with Gasteiger partial charge in [0.2, 0.25) is 0 Å². The number of aromatic hydroxyl groups is 1. The quantitative estimate of drug-likeness (QED) is 0.792. The number of benzene rings is 1. The van der Waals surface area contributed by atoms with Crippen LogP contribution in [0, 0.1) is 0 Å². The van der Waals surface area contributed by atoms with Crippen LogP contribution in [0.3, 0.4) is 0 Å². The largest absolute Gasteiger partial charge is 0.508 e. The first kappa shape index (κ1) is 10.5. The summed E-state index contributed by atoms with van der Waals surface area (Å²) in [5.41, 5.74) is 0.771. The Morgan fingerprint density at radius 3 is 2.93 bits per heavy atom. The summed E-state index contributed by atoms with van der Waals surface area (Å²) in [4.78, 5) is 0. The van der Waals surface area contributed by atoms with Gasteiger partial charge < -0.3 is 15.2 Å². The van der Waals surface area contributed by atoms with E-state index in [1.807, 2.05) is 18.2 Å². The van der Waals surface area contributed by atoms with Gasteiger partial charge in [-0.3, -0.25) is 0 Å². The lowest BCUT2D eigenvalue weighted by Crippen LogP contribution is -2.30. The lowest BCUT2D eigenvalue weighted by atomic mass is 10.1. The summed E-state index contributed by atoms with van der Waals surface area (Å²) in [6.45, 7) is 4.48. The molecule has 1 aliphatic heterocycles. The topological polar surface area (TPSA) is 41.5 Å². The molecule has 1 aromatic carbocycles. The van der Waals surface area contributed by atoms with Gasteiger partial charge in [-0.2, -0.15) is 0 Å². The summed E-state index contributed by atoms with van der Waals surface area (Å²) >= 11 is 0. The van der Waals surface area contributed by atoms with Crippen molar-refractivity contribution in [3.8, 4) is 5.75 Å². The van der Waals surface area contributed by atoms with Crippen molar-refractivity contribution >= 4 is 0 Å². The first-order chi connectivity index (χ1) is 7.20. The third-order valence-corrected chi connectivity index (χ3v) is 2.90. The maximum absolute atomic E-state index is 9.57. The first-order valence-electron chi connectivity index (χ1n) is 5.31. The molecule has 82 valence electrons. The van der Waals surface area contributed by atoms with E-state index >= 15 is 0 Å². The number of hydrogen-bond donors (Lipinski definition) is 2. The molecule has 0 saturated carbocycles. The van der Waals surface area contributed by atoms with Crippen molar-refractivity contribution in [1.82, 2.24) is 5.32 Å². The summed E-state index contributed by atoms with van der Waals surface area (Å²) in [5.74, 6) is 0.312. The number of phenols is 1. The van der Waals surface area contributed by atoms with E-state index in [2.05, 4.69) is 12.2 Å². The highest BCUT2D eigenvalue weighted by molar-refractivity contribution is 5.31. The average Bonchev–Trinajstić information content (AvgIpc) is 2.65. The van der Waals surface area contributed by atoms with E-state index in [9.17, 15) is 5.11 Å². The Kier molecular flexibility index (Phi) is 2.93. The normalized spacial score (nSPS) is 25.7. The maximum Gasteiger partial charge on any atom is 0.121 e. The molecule has 1 heterocycles. The molecular formula is C12H17NO2. The fourth-order valence-electron chi connectivity index (χ4n) is 1.80. The first-order valence-corrected chi connectivity index (χ1v) is 5.31. The fourth-order valence-corrected chi connectivity index (χ4v) is 1.80. The lowest BCUT2D eigenvalue weighted by molar-refractivity contribution is -0.0284. The fraction of sp³-hybridized carbons (Fsp3) is 0.500. The van der Waals surface area contributed by atoms with Crippen LogP contribution in [0.2, 0.25) is 0 Å². The zero-order chi connectivity index (χ0) is 10.7. The molecule has 0 bridgehead atoms. The molecule has 2 rings (SSSR count). The second-order valence-electron chi connectivity index (χ2n) is 4.29. The van der Waals surface area contributed by atoms with E-state index in [-0.39, 0.29) is 5.60 Å². The Morgan fingerprint density at radius 2 is 2.27 bits per heavy atom. The summed E-state index contributed by atoms with van der Waals surface area (Å²) in [7, 11) is 0. The minimum absolute atomic E-state index is 0.0811. The van der Waals surface area contributed by atoms with Crippen molar-refractivity contribution in [1.29, 1.82) is 0 Å². The second-order valence-corrected chi connectivity index (χ2v) is 4.29. The molecule has 1 saturated heterocycles. The van der Waals surface area contributed by atoms with Crippen LogP contribution < -0.4 is 5.32 Å². The van der Waals surface area contributed by atoms with Crippen LogP contribution in [0.25, 0.3) is 0 Å². The second kappa shape index (κ2) is 4.21. The van der Waals surface area contributed by atoms with Gasteiger partial charge >= 0.3 is 0 Å². The number of phenolic OH excluding ortho intramolecular Hbond substituents is 1. The van der Waals surface area contributed by atoms with Crippen molar-refractivity contribution in [2.75, 3.05) is 13.1 Å². The predicted molar refractivity (Wildman–Crippen MR) is 58.8 cm³/mol. The Hall–Kier alpha value is -1.06. The SMILES string of the molecule is CC1(OCc2ccccc2O)CCNC1. The van der Waals surface area contributed by atoms with E-state index < -0.39 is 0 Å².